The third kappa shape index (κ3) is 4.83. The first-order chi connectivity index (χ1) is 16.1. The van der Waals surface area contributed by atoms with Crippen molar-refractivity contribution in [3.63, 3.8) is 0 Å². The summed E-state index contributed by atoms with van der Waals surface area (Å²) >= 11 is 1.60. The monoisotopic (exact) mass is 467 g/mol. The van der Waals surface area contributed by atoms with Gasteiger partial charge in [-0.15, -0.1) is 17.9 Å². The summed E-state index contributed by atoms with van der Waals surface area (Å²) < 4.78 is 20.4. The van der Waals surface area contributed by atoms with Gasteiger partial charge in [0.15, 0.2) is 5.82 Å². The molecule has 0 unspecified atom stereocenters. The normalized spacial score (nSPS) is 20.9. The predicted molar refractivity (Wildman–Crippen MR) is 126 cm³/mol. The maximum Gasteiger partial charge on any atom is 0.225 e. The molecule has 2 fully saturated rings. The molecular weight excluding hydrogens is 441 g/mol. The van der Waals surface area contributed by atoms with Crippen LogP contribution in [0.3, 0.4) is 0 Å². The minimum absolute atomic E-state index is 0.0178. The van der Waals surface area contributed by atoms with Crippen LogP contribution in [0, 0.1) is 11.7 Å². The topological polar surface area (TPSA) is 80.2 Å². The molecule has 3 heterocycles. The van der Waals surface area contributed by atoms with E-state index in [0.29, 0.717) is 18.8 Å². The Bertz CT molecular complexity index is 1140. The van der Waals surface area contributed by atoms with Gasteiger partial charge in [0.1, 0.15) is 17.4 Å². The first-order valence-electron chi connectivity index (χ1n) is 11.3. The Morgan fingerprint density at radius 2 is 2.00 bits per heavy atom. The van der Waals surface area contributed by atoms with E-state index >= 15 is 0 Å². The highest BCUT2D eigenvalue weighted by Crippen LogP contribution is 2.36. The van der Waals surface area contributed by atoms with Crippen molar-refractivity contribution in [2.45, 2.75) is 44.2 Å². The van der Waals surface area contributed by atoms with Crippen molar-refractivity contribution in [2.75, 3.05) is 18.0 Å². The Morgan fingerprint density at radius 3 is 2.73 bits per heavy atom. The van der Waals surface area contributed by atoms with E-state index in [1.165, 1.54) is 12.4 Å². The minimum Gasteiger partial charge on any atom is -0.488 e. The Hall–Kier alpha value is -3.07. The molecule has 2 aliphatic rings. The van der Waals surface area contributed by atoms with Gasteiger partial charge in [0.05, 0.1) is 22.6 Å². The number of nitrogens with zero attached hydrogens (tertiary/aromatic N) is 4. The van der Waals surface area contributed by atoms with Crippen molar-refractivity contribution in [2.24, 2.45) is 5.92 Å². The number of aromatic nitrogens is 3. The van der Waals surface area contributed by atoms with Crippen LogP contribution in [0.2, 0.25) is 0 Å². The molecule has 0 bridgehead atoms. The van der Waals surface area contributed by atoms with Gasteiger partial charge in [-0.05, 0) is 49.8 Å². The fraction of sp³-hybridized carbons (Fsp3) is 0.417. The summed E-state index contributed by atoms with van der Waals surface area (Å²) in [5, 5.41) is 3.19. The zero-order chi connectivity index (χ0) is 22.8. The average molecular weight is 468 g/mol. The Morgan fingerprint density at radius 1 is 1.24 bits per heavy atom. The Balaban J connectivity index is 1.10. The molecular formula is C24H26FN5O2S. The second kappa shape index (κ2) is 9.43. The van der Waals surface area contributed by atoms with Crippen LogP contribution in [0.1, 0.15) is 31.2 Å². The summed E-state index contributed by atoms with van der Waals surface area (Å²) in [4.78, 5) is 27.3. The number of carbonyl (C=O) groups excluding carboxylic acids is 1. The quantitative estimate of drug-likeness (QED) is 0.531. The van der Waals surface area contributed by atoms with Gasteiger partial charge in [-0.25, -0.2) is 19.3 Å². The summed E-state index contributed by atoms with van der Waals surface area (Å²) in [6.45, 7) is 5.29. The second-order valence-electron chi connectivity index (χ2n) is 8.67. The first-order valence-corrected chi connectivity index (χ1v) is 12.1. The molecule has 1 amide bonds. The minimum atomic E-state index is -0.441. The highest BCUT2D eigenvalue weighted by Gasteiger charge is 2.37. The lowest BCUT2D eigenvalue weighted by Crippen LogP contribution is -2.50. The summed E-state index contributed by atoms with van der Waals surface area (Å²) in [6.07, 6.45) is 8.12. The van der Waals surface area contributed by atoms with Gasteiger partial charge in [-0.1, -0.05) is 6.08 Å². The van der Waals surface area contributed by atoms with Crippen molar-refractivity contribution >= 4 is 33.4 Å². The molecule has 1 aromatic carbocycles. The van der Waals surface area contributed by atoms with Crippen LogP contribution in [0.4, 0.5) is 10.3 Å². The zero-order valence-electron chi connectivity index (χ0n) is 18.2. The van der Waals surface area contributed by atoms with Gasteiger partial charge in [0.2, 0.25) is 11.9 Å². The van der Waals surface area contributed by atoms with Crippen LogP contribution in [0.25, 0.3) is 10.2 Å². The van der Waals surface area contributed by atoms with E-state index in [0.717, 1.165) is 53.9 Å². The maximum atomic E-state index is 13.0. The number of ether oxygens (including phenoxy) is 1. The van der Waals surface area contributed by atoms with Gasteiger partial charge in [0.25, 0.3) is 0 Å². The van der Waals surface area contributed by atoms with E-state index in [1.54, 1.807) is 11.3 Å². The molecule has 3 aromatic rings. The number of hydrogen-bond acceptors (Lipinski definition) is 7. The number of allylic oxidation sites excluding steroid dienone is 1. The number of hydrogen-bond donors (Lipinski definition) is 1. The summed E-state index contributed by atoms with van der Waals surface area (Å²) in [5.41, 5.74) is 3.88. The van der Waals surface area contributed by atoms with Gasteiger partial charge in [0, 0.05) is 25.0 Å². The molecule has 1 saturated heterocycles. The van der Waals surface area contributed by atoms with Crippen LogP contribution >= 0.6 is 11.3 Å². The largest absolute Gasteiger partial charge is 0.488 e. The molecule has 1 N–H and O–H groups in total. The number of piperidine rings is 1. The van der Waals surface area contributed by atoms with Crippen molar-refractivity contribution in [3.05, 3.63) is 54.1 Å². The molecule has 0 spiro atoms. The van der Waals surface area contributed by atoms with E-state index in [2.05, 4.69) is 32.9 Å². The van der Waals surface area contributed by atoms with E-state index in [1.807, 2.05) is 22.6 Å². The zero-order valence-corrected chi connectivity index (χ0v) is 19.1. The Kier molecular flexibility index (Phi) is 6.22. The average Bonchev–Trinajstić information content (AvgIpc) is 3.26. The van der Waals surface area contributed by atoms with Crippen molar-refractivity contribution in [1.82, 2.24) is 20.3 Å². The third-order valence-corrected chi connectivity index (χ3v) is 7.11. The molecule has 33 heavy (non-hydrogen) atoms. The molecule has 172 valence electrons. The molecule has 7 nitrogen and oxygen atoms in total. The first kappa shape index (κ1) is 21.8. The standard InChI is InChI=1S/C24H26FN5O2S/c1-2-3-15-8-20(22-21(9-15)33-14-28-22)32-19-10-16(11-19)23(31)29-18-4-6-30(7-5-18)24-26-12-17(25)13-27-24/h2,8-9,12-14,16,18-19H,1,3-7,10-11H2,(H,29,31). The van der Waals surface area contributed by atoms with Crippen LogP contribution in [-0.4, -0.2) is 46.1 Å². The SMILES string of the molecule is C=CCc1cc(OC2CC(C(=O)NC3CCN(c4ncc(F)cn4)CC3)C2)c2ncsc2c1. The number of fused-ring (bicyclic) bond motifs is 1. The number of nitrogens with one attached hydrogen (secondary N) is 1. The van der Waals surface area contributed by atoms with Crippen LogP contribution in [-0.2, 0) is 11.2 Å². The lowest BCUT2D eigenvalue weighted by atomic mass is 9.81. The van der Waals surface area contributed by atoms with E-state index in [-0.39, 0.29) is 24.0 Å². The number of thiazole rings is 1. The summed E-state index contributed by atoms with van der Waals surface area (Å²) in [6, 6.07) is 4.31. The van der Waals surface area contributed by atoms with Crippen molar-refractivity contribution in [3.8, 4) is 5.75 Å². The fourth-order valence-corrected chi connectivity index (χ4v) is 5.19. The summed E-state index contributed by atoms with van der Waals surface area (Å²) in [5.74, 6) is 0.974. The van der Waals surface area contributed by atoms with Gasteiger partial charge in [-0.2, -0.15) is 0 Å². The lowest BCUT2D eigenvalue weighted by Gasteiger charge is -2.37. The van der Waals surface area contributed by atoms with Crippen molar-refractivity contribution < 1.29 is 13.9 Å². The second-order valence-corrected chi connectivity index (χ2v) is 9.55. The van der Waals surface area contributed by atoms with E-state index < -0.39 is 5.82 Å². The number of amides is 1. The number of halogens is 1. The number of rotatable bonds is 7. The molecule has 0 radical (unpaired) electrons. The Labute approximate surface area is 195 Å². The summed E-state index contributed by atoms with van der Waals surface area (Å²) in [7, 11) is 0. The molecule has 1 saturated carbocycles. The van der Waals surface area contributed by atoms with Gasteiger partial charge in [-0.3, -0.25) is 4.79 Å². The van der Waals surface area contributed by atoms with Crippen LogP contribution in [0.5, 0.6) is 5.75 Å². The molecule has 9 heteroatoms. The van der Waals surface area contributed by atoms with Gasteiger partial charge >= 0.3 is 0 Å². The number of benzene rings is 1. The smallest absolute Gasteiger partial charge is 0.225 e. The molecule has 1 aliphatic carbocycles. The van der Waals surface area contributed by atoms with Crippen molar-refractivity contribution in [1.29, 1.82) is 0 Å². The highest BCUT2D eigenvalue weighted by molar-refractivity contribution is 7.16. The van der Waals surface area contributed by atoms with Crippen LogP contribution in [0.15, 0.2) is 42.7 Å². The lowest BCUT2D eigenvalue weighted by molar-refractivity contribution is -0.131. The molecule has 5 rings (SSSR count). The molecule has 2 aromatic heterocycles. The number of anilines is 1. The molecule has 1 aliphatic heterocycles. The van der Waals surface area contributed by atoms with E-state index in [4.69, 9.17) is 4.74 Å². The predicted octanol–water partition coefficient (Wildman–Crippen LogP) is 3.90. The maximum absolute atomic E-state index is 13.0. The van der Waals surface area contributed by atoms with Crippen LogP contribution < -0.4 is 15.0 Å². The fourth-order valence-electron chi connectivity index (χ4n) is 4.43. The highest BCUT2D eigenvalue weighted by atomic mass is 32.1. The van der Waals surface area contributed by atoms with Gasteiger partial charge < -0.3 is 15.0 Å². The number of carbonyl (C=O) groups is 1. The molecule has 0 atom stereocenters. The third-order valence-electron chi connectivity index (χ3n) is 6.33. The van der Waals surface area contributed by atoms with E-state index in [9.17, 15) is 9.18 Å².